The highest BCUT2D eigenvalue weighted by Crippen LogP contribution is 2.43. The molecule has 3 aliphatic carbocycles. The highest BCUT2D eigenvalue weighted by Gasteiger charge is 2.48. The molecule has 20 heavy (non-hydrogen) atoms. The molecule has 1 spiro atoms. The Bertz CT molecular complexity index is 322. The number of nitrogens with one attached hydrogen (secondary N) is 1. The number of hydrogen-bond donors (Lipinski definition) is 1. The first-order chi connectivity index (χ1) is 9.87. The van der Waals surface area contributed by atoms with E-state index in [0.29, 0.717) is 5.54 Å². The average molecular weight is 276 g/mol. The molecule has 4 fully saturated rings. The van der Waals surface area contributed by atoms with Gasteiger partial charge in [-0.2, -0.15) is 0 Å². The van der Waals surface area contributed by atoms with E-state index in [2.05, 4.69) is 10.2 Å². The fourth-order valence-corrected chi connectivity index (χ4v) is 5.31. The monoisotopic (exact) mass is 276 g/mol. The van der Waals surface area contributed by atoms with Gasteiger partial charge in [-0.15, -0.1) is 0 Å². The maximum atomic E-state index is 3.96. The average Bonchev–Trinajstić information content (AvgIpc) is 3.26. The van der Waals surface area contributed by atoms with Crippen LogP contribution < -0.4 is 5.32 Å². The summed E-state index contributed by atoms with van der Waals surface area (Å²) in [6.07, 6.45) is 17.8. The molecule has 1 atom stereocenters. The van der Waals surface area contributed by atoms with Crippen LogP contribution in [0.1, 0.15) is 77.0 Å². The summed E-state index contributed by atoms with van der Waals surface area (Å²) in [6, 6.07) is 1.74. The molecule has 0 aromatic rings. The van der Waals surface area contributed by atoms with Crippen molar-refractivity contribution in [2.45, 2.75) is 94.7 Å². The molecule has 4 rings (SSSR count). The van der Waals surface area contributed by atoms with Gasteiger partial charge in [-0.3, -0.25) is 4.90 Å². The quantitative estimate of drug-likeness (QED) is 0.774. The van der Waals surface area contributed by atoms with Crippen LogP contribution in [0.5, 0.6) is 0 Å². The van der Waals surface area contributed by atoms with Gasteiger partial charge in [-0.25, -0.2) is 0 Å². The first kappa shape index (κ1) is 13.6. The topological polar surface area (TPSA) is 15.3 Å². The van der Waals surface area contributed by atoms with E-state index < -0.39 is 0 Å². The Balaban J connectivity index is 1.52. The van der Waals surface area contributed by atoms with E-state index in [0.717, 1.165) is 18.0 Å². The fraction of sp³-hybridized carbons (Fsp3) is 1.00. The molecule has 0 aromatic heterocycles. The first-order valence-electron chi connectivity index (χ1n) is 9.38. The molecule has 4 aliphatic rings. The molecule has 0 amide bonds. The standard InChI is InChI=1S/C18H32N2/c1-2-4-8-16(7-3-1)20-13-17(15-9-10-15)19-14-18(20)11-5-6-12-18/h15-17,19H,1-14H2. The largest absolute Gasteiger partial charge is 0.311 e. The predicted molar refractivity (Wildman–Crippen MR) is 83.9 cm³/mol. The Hall–Kier alpha value is -0.0800. The lowest BCUT2D eigenvalue weighted by molar-refractivity contribution is -0.00411. The lowest BCUT2D eigenvalue weighted by atomic mass is 9.86. The Morgan fingerprint density at radius 2 is 1.50 bits per heavy atom. The molecule has 0 aromatic carbocycles. The van der Waals surface area contributed by atoms with E-state index in [4.69, 9.17) is 0 Å². The normalized spacial score (nSPS) is 36.3. The first-order valence-corrected chi connectivity index (χ1v) is 9.38. The molecule has 1 unspecified atom stereocenters. The number of piperazine rings is 1. The van der Waals surface area contributed by atoms with Crippen molar-refractivity contribution in [2.75, 3.05) is 13.1 Å². The van der Waals surface area contributed by atoms with Crippen molar-refractivity contribution in [1.82, 2.24) is 10.2 Å². The van der Waals surface area contributed by atoms with E-state index in [-0.39, 0.29) is 0 Å². The molecule has 2 heteroatoms. The number of hydrogen-bond acceptors (Lipinski definition) is 2. The molecule has 1 heterocycles. The van der Waals surface area contributed by atoms with Crippen LogP contribution in [-0.2, 0) is 0 Å². The third-order valence-corrected chi connectivity index (χ3v) is 6.69. The van der Waals surface area contributed by atoms with Crippen molar-refractivity contribution in [3.8, 4) is 0 Å². The summed E-state index contributed by atoms with van der Waals surface area (Å²) in [4.78, 5) is 3.05. The van der Waals surface area contributed by atoms with Crippen LogP contribution in [0.25, 0.3) is 0 Å². The summed E-state index contributed by atoms with van der Waals surface area (Å²) in [7, 11) is 0. The molecular weight excluding hydrogens is 244 g/mol. The summed E-state index contributed by atoms with van der Waals surface area (Å²) >= 11 is 0. The third-order valence-electron chi connectivity index (χ3n) is 6.69. The van der Waals surface area contributed by atoms with Gasteiger partial charge in [0.15, 0.2) is 0 Å². The minimum atomic E-state index is 0.556. The minimum Gasteiger partial charge on any atom is -0.311 e. The highest BCUT2D eigenvalue weighted by molar-refractivity contribution is 5.06. The molecule has 1 aliphatic heterocycles. The predicted octanol–water partition coefficient (Wildman–Crippen LogP) is 3.71. The summed E-state index contributed by atoms with van der Waals surface area (Å²) in [5.41, 5.74) is 0.556. The smallest absolute Gasteiger partial charge is 0.0337 e. The van der Waals surface area contributed by atoms with Gasteiger partial charge in [-0.1, -0.05) is 38.5 Å². The molecule has 3 saturated carbocycles. The van der Waals surface area contributed by atoms with E-state index >= 15 is 0 Å². The summed E-state index contributed by atoms with van der Waals surface area (Å²) in [5, 5.41) is 3.96. The lowest BCUT2D eigenvalue weighted by Gasteiger charge is -2.52. The third kappa shape index (κ3) is 2.54. The second-order valence-electron chi connectivity index (χ2n) is 8.05. The van der Waals surface area contributed by atoms with Crippen LogP contribution in [-0.4, -0.2) is 35.6 Å². The summed E-state index contributed by atoms with van der Waals surface area (Å²) in [6.45, 7) is 2.67. The minimum absolute atomic E-state index is 0.556. The molecule has 114 valence electrons. The SMILES string of the molecule is C1CCCC(N2CC(C3CC3)NCC23CCCC3)CC1. The van der Waals surface area contributed by atoms with Gasteiger partial charge in [0.25, 0.3) is 0 Å². The second kappa shape index (κ2) is 5.61. The summed E-state index contributed by atoms with van der Waals surface area (Å²) < 4.78 is 0. The van der Waals surface area contributed by atoms with E-state index in [1.54, 1.807) is 0 Å². The maximum Gasteiger partial charge on any atom is 0.0337 e. The van der Waals surface area contributed by atoms with Crippen molar-refractivity contribution in [1.29, 1.82) is 0 Å². The van der Waals surface area contributed by atoms with E-state index in [1.165, 1.54) is 90.1 Å². The van der Waals surface area contributed by atoms with Crippen LogP contribution in [0.2, 0.25) is 0 Å². The van der Waals surface area contributed by atoms with Crippen molar-refractivity contribution < 1.29 is 0 Å². The Kier molecular flexibility index (Phi) is 3.80. The van der Waals surface area contributed by atoms with Crippen molar-refractivity contribution in [2.24, 2.45) is 5.92 Å². The van der Waals surface area contributed by atoms with E-state index in [9.17, 15) is 0 Å². The number of nitrogens with zero attached hydrogens (tertiary/aromatic N) is 1. The molecule has 0 radical (unpaired) electrons. The summed E-state index contributed by atoms with van der Waals surface area (Å²) in [5.74, 6) is 1.02. The zero-order valence-electron chi connectivity index (χ0n) is 13.1. The lowest BCUT2D eigenvalue weighted by Crippen LogP contribution is -2.66. The van der Waals surface area contributed by atoms with Crippen molar-refractivity contribution in [3.63, 3.8) is 0 Å². The zero-order valence-corrected chi connectivity index (χ0v) is 13.1. The van der Waals surface area contributed by atoms with Gasteiger partial charge in [0, 0.05) is 30.7 Å². The van der Waals surface area contributed by atoms with Gasteiger partial charge in [0.2, 0.25) is 0 Å². The molecule has 1 saturated heterocycles. The second-order valence-corrected chi connectivity index (χ2v) is 8.05. The van der Waals surface area contributed by atoms with Crippen LogP contribution in [0.15, 0.2) is 0 Å². The fourth-order valence-electron chi connectivity index (χ4n) is 5.31. The van der Waals surface area contributed by atoms with Gasteiger partial charge in [0.1, 0.15) is 0 Å². The van der Waals surface area contributed by atoms with Crippen LogP contribution in [0, 0.1) is 5.92 Å². The van der Waals surface area contributed by atoms with Gasteiger partial charge >= 0.3 is 0 Å². The molecule has 2 nitrogen and oxygen atoms in total. The van der Waals surface area contributed by atoms with Crippen molar-refractivity contribution in [3.05, 3.63) is 0 Å². The van der Waals surface area contributed by atoms with Gasteiger partial charge < -0.3 is 5.32 Å². The van der Waals surface area contributed by atoms with Gasteiger partial charge in [0.05, 0.1) is 0 Å². The van der Waals surface area contributed by atoms with Crippen molar-refractivity contribution >= 4 is 0 Å². The Morgan fingerprint density at radius 3 is 2.15 bits per heavy atom. The molecule has 1 N–H and O–H groups in total. The Labute approximate surface area is 124 Å². The van der Waals surface area contributed by atoms with E-state index in [1.807, 2.05) is 0 Å². The zero-order chi connectivity index (χ0) is 13.4. The van der Waals surface area contributed by atoms with Crippen LogP contribution in [0.3, 0.4) is 0 Å². The van der Waals surface area contributed by atoms with Crippen LogP contribution in [0.4, 0.5) is 0 Å². The highest BCUT2D eigenvalue weighted by atomic mass is 15.3. The van der Waals surface area contributed by atoms with Crippen LogP contribution >= 0.6 is 0 Å². The molecular formula is C18H32N2. The van der Waals surface area contributed by atoms with Gasteiger partial charge in [-0.05, 0) is 44.4 Å². The Morgan fingerprint density at radius 1 is 0.800 bits per heavy atom. The molecule has 0 bridgehead atoms. The number of rotatable bonds is 2. The maximum absolute atomic E-state index is 3.96.